The average Bonchev–Trinajstić information content (AvgIpc) is 3.29. The van der Waals surface area contributed by atoms with E-state index < -0.39 is 10.0 Å². The lowest BCUT2D eigenvalue weighted by Gasteiger charge is -2.32. The predicted octanol–water partition coefficient (Wildman–Crippen LogP) is 1.21. The molecule has 4 rings (SSSR count). The topological polar surface area (TPSA) is 116 Å². The molecule has 1 unspecified atom stereocenters. The van der Waals surface area contributed by atoms with Gasteiger partial charge >= 0.3 is 0 Å². The smallest absolute Gasteiger partial charge is 0.251 e. The molecule has 4 heterocycles. The SMILES string of the molecule is CCS(=O)(=O)N1CCC(C(=O)N2CCC(c3nc(-c4cccnc4)cc(=O)[nH]3)C2)CC1. The maximum Gasteiger partial charge on any atom is 0.251 e. The minimum absolute atomic E-state index is 0.0335. The predicted molar refractivity (Wildman–Crippen MR) is 116 cm³/mol. The van der Waals surface area contributed by atoms with E-state index in [0.29, 0.717) is 50.5 Å². The molecule has 0 aromatic carbocycles. The second kappa shape index (κ2) is 8.88. The van der Waals surface area contributed by atoms with Gasteiger partial charge in [-0.25, -0.2) is 17.7 Å². The Balaban J connectivity index is 1.42. The van der Waals surface area contributed by atoms with Crippen LogP contribution in [-0.2, 0) is 14.8 Å². The van der Waals surface area contributed by atoms with Crippen molar-refractivity contribution in [3.63, 3.8) is 0 Å². The van der Waals surface area contributed by atoms with Crippen molar-refractivity contribution in [1.82, 2.24) is 24.2 Å². The molecule has 166 valence electrons. The number of H-pyrrole nitrogens is 1. The van der Waals surface area contributed by atoms with Crippen LogP contribution in [-0.4, -0.2) is 70.4 Å². The van der Waals surface area contributed by atoms with Gasteiger partial charge in [0.15, 0.2) is 0 Å². The minimum atomic E-state index is -3.20. The molecule has 1 amide bonds. The molecule has 2 aliphatic rings. The van der Waals surface area contributed by atoms with E-state index in [2.05, 4.69) is 15.0 Å². The molecule has 9 nitrogen and oxygen atoms in total. The third-order valence-electron chi connectivity index (χ3n) is 6.17. The molecule has 0 spiro atoms. The second-order valence-electron chi connectivity index (χ2n) is 8.10. The summed E-state index contributed by atoms with van der Waals surface area (Å²) >= 11 is 0. The maximum absolute atomic E-state index is 13.0. The Morgan fingerprint density at radius 2 is 2.00 bits per heavy atom. The number of pyridine rings is 1. The first-order chi connectivity index (χ1) is 14.9. The monoisotopic (exact) mass is 445 g/mol. The van der Waals surface area contributed by atoms with Crippen LogP contribution in [0.3, 0.4) is 0 Å². The van der Waals surface area contributed by atoms with Gasteiger partial charge in [0.25, 0.3) is 5.56 Å². The summed E-state index contributed by atoms with van der Waals surface area (Å²) in [6.07, 6.45) is 5.16. The van der Waals surface area contributed by atoms with E-state index in [-0.39, 0.29) is 29.1 Å². The van der Waals surface area contributed by atoms with Crippen molar-refractivity contribution in [2.45, 2.75) is 32.1 Å². The largest absolute Gasteiger partial charge is 0.342 e. The normalized spacial score (nSPS) is 20.8. The number of sulfonamides is 1. The summed E-state index contributed by atoms with van der Waals surface area (Å²) < 4.78 is 25.6. The molecule has 2 aromatic heterocycles. The van der Waals surface area contributed by atoms with Gasteiger partial charge in [-0.2, -0.15) is 0 Å². The summed E-state index contributed by atoms with van der Waals surface area (Å²) in [4.78, 5) is 38.6. The van der Waals surface area contributed by atoms with Crippen LogP contribution in [0, 0.1) is 5.92 Å². The molecule has 1 N–H and O–H groups in total. The Bertz CT molecular complexity index is 1090. The van der Waals surface area contributed by atoms with E-state index >= 15 is 0 Å². The van der Waals surface area contributed by atoms with Crippen molar-refractivity contribution in [3.8, 4) is 11.3 Å². The highest BCUT2D eigenvalue weighted by Crippen LogP contribution is 2.29. The molecule has 0 radical (unpaired) electrons. The number of nitrogens with one attached hydrogen (secondary N) is 1. The summed E-state index contributed by atoms with van der Waals surface area (Å²) in [5, 5.41) is 0. The quantitative estimate of drug-likeness (QED) is 0.739. The Kier molecular flexibility index (Phi) is 6.19. The molecular weight excluding hydrogens is 418 g/mol. The van der Waals surface area contributed by atoms with Crippen LogP contribution >= 0.6 is 0 Å². The molecule has 2 aromatic rings. The van der Waals surface area contributed by atoms with Crippen LogP contribution in [0.5, 0.6) is 0 Å². The van der Waals surface area contributed by atoms with Gasteiger partial charge < -0.3 is 9.88 Å². The van der Waals surface area contributed by atoms with E-state index in [4.69, 9.17) is 0 Å². The van der Waals surface area contributed by atoms with Crippen molar-refractivity contribution in [1.29, 1.82) is 0 Å². The molecule has 2 fully saturated rings. The molecule has 2 saturated heterocycles. The second-order valence-corrected chi connectivity index (χ2v) is 10.4. The number of amides is 1. The van der Waals surface area contributed by atoms with Crippen LogP contribution in [0.25, 0.3) is 11.3 Å². The van der Waals surface area contributed by atoms with Gasteiger partial charge in [0.05, 0.1) is 11.4 Å². The minimum Gasteiger partial charge on any atom is -0.342 e. The highest BCUT2D eigenvalue weighted by atomic mass is 32.2. The first-order valence-corrected chi connectivity index (χ1v) is 12.3. The zero-order chi connectivity index (χ0) is 22.0. The molecule has 2 aliphatic heterocycles. The number of hydrogen-bond acceptors (Lipinski definition) is 6. The first kappa shape index (κ1) is 21.6. The molecule has 0 aliphatic carbocycles. The average molecular weight is 446 g/mol. The van der Waals surface area contributed by atoms with E-state index in [0.717, 1.165) is 12.0 Å². The Hall–Kier alpha value is -2.59. The standard InChI is InChI=1S/C21H27N5O4S/c1-2-31(29,30)26-10-6-15(7-11-26)21(28)25-9-5-17(14-25)20-23-18(12-19(27)24-20)16-4-3-8-22-13-16/h3-4,8,12-13,15,17H,2,5-7,9-11,14H2,1H3,(H,23,24,27). The number of carbonyl (C=O) groups excluding carboxylic acids is 1. The number of hydrogen-bond donors (Lipinski definition) is 1. The van der Waals surface area contributed by atoms with E-state index in [1.807, 2.05) is 11.0 Å². The van der Waals surface area contributed by atoms with Gasteiger partial charge in [-0.15, -0.1) is 0 Å². The molecule has 0 bridgehead atoms. The van der Waals surface area contributed by atoms with E-state index in [9.17, 15) is 18.0 Å². The summed E-state index contributed by atoms with van der Waals surface area (Å²) in [5.74, 6) is 0.555. The van der Waals surface area contributed by atoms with E-state index in [1.165, 1.54) is 10.4 Å². The number of likely N-dealkylation sites (tertiary alicyclic amines) is 1. The van der Waals surface area contributed by atoms with Gasteiger partial charge in [-0.1, -0.05) is 0 Å². The van der Waals surface area contributed by atoms with Gasteiger partial charge in [-0.3, -0.25) is 14.6 Å². The molecule has 1 atom stereocenters. The van der Waals surface area contributed by atoms with Crippen LogP contribution in [0.1, 0.15) is 37.9 Å². The van der Waals surface area contributed by atoms with Crippen LogP contribution in [0.4, 0.5) is 0 Å². The Morgan fingerprint density at radius 3 is 2.68 bits per heavy atom. The number of aromatic nitrogens is 3. The number of carbonyl (C=O) groups is 1. The molecular formula is C21H27N5O4S. The fourth-order valence-corrected chi connectivity index (χ4v) is 5.47. The fourth-order valence-electron chi connectivity index (χ4n) is 4.34. The van der Waals surface area contributed by atoms with Crippen molar-refractivity contribution < 1.29 is 13.2 Å². The van der Waals surface area contributed by atoms with Crippen LogP contribution in [0.15, 0.2) is 35.4 Å². The Labute approximate surface area is 181 Å². The fraction of sp³-hybridized carbons (Fsp3) is 0.524. The van der Waals surface area contributed by atoms with Crippen LogP contribution in [0.2, 0.25) is 0 Å². The highest BCUT2D eigenvalue weighted by molar-refractivity contribution is 7.89. The van der Waals surface area contributed by atoms with Crippen molar-refractivity contribution >= 4 is 15.9 Å². The summed E-state index contributed by atoms with van der Waals surface area (Å²) in [7, 11) is -3.20. The number of piperidine rings is 1. The van der Waals surface area contributed by atoms with Crippen LogP contribution < -0.4 is 5.56 Å². The van der Waals surface area contributed by atoms with Crippen molar-refractivity contribution in [3.05, 3.63) is 46.8 Å². The molecule has 10 heteroatoms. The number of aromatic amines is 1. The number of nitrogens with zero attached hydrogens (tertiary/aromatic N) is 4. The summed E-state index contributed by atoms with van der Waals surface area (Å²) in [6.45, 7) is 3.54. The lowest BCUT2D eigenvalue weighted by Crippen LogP contribution is -2.44. The third-order valence-corrected chi connectivity index (χ3v) is 8.05. The summed E-state index contributed by atoms with van der Waals surface area (Å²) in [6, 6.07) is 5.11. The molecule has 0 saturated carbocycles. The van der Waals surface area contributed by atoms with Gasteiger partial charge in [0, 0.05) is 62.0 Å². The Morgan fingerprint density at radius 1 is 1.23 bits per heavy atom. The zero-order valence-electron chi connectivity index (χ0n) is 17.5. The van der Waals surface area contributed by atoms with E-state index in [1.54, 1.807) is 25.4 Å². The maximum atomic E-state index is 13.0. The third kappa shape index (κ3) is 4.69. The lowest BCUT2D eigenvalue weighted by atomic mass is 9.96. The van der Waals surface area contributed by atoms with Crippen molar-refractivity contribution in [2.24, 2.45) is 5.92 Å². The van der Waals surface area contributed by atoms with Crippen molar-refractivity contribution in [2.75, 3.05) is 31.9 Å². The highest BCUT2D eigenvalue weighted by Gasteiger charge is 2.36. The summed E-state index contributed by atoms with van der Waals surface area (Å²) in [5.41, 5.74) is 1.12. The van der Waals surface area contributed by atoms with Gasteiger partial charge in [-0.05, 0) is 38.3 Å². The van der Waals surface area contributed by atoms with Gasteiger partial charge in [0.1, 0.15) is 5.82 Å². The first-order valence-electron chi connectivity index (χ1n) is 10.7. The molecule has 31 heavy (non-hydrogen) atoms. The zero-order valence-corrected chi connectivity index (χ0v) is 18.3. The van der Waals surface area contributed by atoms with Gasteiger partial charge in [0.2, 0.25) is 15.9 Å². The number of rotatable bonds is 5. The lowest BCUT2D eigenvalue weighted by molar-refractivity contribution is -0.135.